The minimum absolute atomic E-state index is 0.0860. The molecule has 2 aliphatic rings. The first-order valence-corrected chi connectivity index (χ1v) is 5.63. The molecule has 2 atom stereocenters. The van der Waals surface area contributed by atoms with Crippen LogP contribution in [0.15, 0.2) is 12.7 Å². The highest BCUT2D eigenvalue weighted by Gasteiger charge is 2.57. The Morgan fingerprint density at radius 1 is 1.65 bits per heavy atom. The van der Waals surface area contributed by atoms with E-state index in [1.807, 2.05) is 0 Å². The summed E-state index contributed by atoms with van der Waals surface area (Å²) in [7, 11) is 0. The van der Waals surface area contributed by atoms with Gasteiger partial charge in [-0.05, 0) is 12.8 Å². The van der Waals surface area contributed by atoms with Crippen molar-refractivity contribution in [2.45, 2.75) is 24.4 Å². The van der Waals surface area contributed by atoms with E-state index < -0.39 is 17.6 Å². The van der Waals surface area contributed by atoms with Gasteiger partial charge in [0.15, 0.2) is 5.54 Å². The second kappa shape index (κ2) is 4.37. The predicted octanol–water partition coefficient (Wildman–Crippen LogP) is 0.200. The Morgan fingerprint density at radius 3 is 3.06 bits per heavy atom. The van der Waals surface area contributed by atoms with E-state index in [0.29, 0.717) is 19.4 Å². The molecule has 0 saturated carbocycles. The molecule has 2 heterocycles. The van der Waals surface area contributed by atoms with Gasteiger partial charge in [0, 0.05) is 19.1 Å². The van der Waals surface area contributed by atoms with Crippen molar-refractivity contribution in [2.24, 2.45) is 0 Å². The van der Waals surface area contributed by atoms with Crippen LogP contribution in [-0.2, 0) is 9.53 Å². The molecule has 2 bridgehead atoms. The van der Waals surface area contributed by atoms with Gasteiger partial charge >= 0.3 is 12.1 Å². The first kappa shape index (κ1) is 11.9. The summed E-state index contributed by atoms with van der Waals surface area (Å²) in [5, 5.41) is 12.4. The van der Waals surface area contributed by atoms with Crippen molar-refractivity contribution >= 4 is 12.1 Å². The quantitative estimate of drug-likeness (QED) is 0.689. The second-order valence-corrected chi connectivity index (χ2v) is 4.40. The van der Waals surface area contributed by atoms with E-state index in [9.17, 15) is 14.7 Å². The van der Waals surface area contributed by atoms with E-state index in [2.05, 4.69) is 11.9 Å². The Morgan fingerprint density at radius 2 is 2.41 bits per heavy atom. The van der Waals surface area contributed by atoms with Crippen LogP contribution in [0.1, 0.15) is 12.8 Å². The zero-order valence-electron chi connectivity index (χ0n) is 9.52. The van der Waals surface area contributed by atoms with Crippen LogP contribution in [0.4, 0.5) is 4.79 Å². The van der Waals surface area contributed by atoms with E-state index in [1.54, 1.807) is 0 Å². The van der Waals surface area contributed by atoms with Crippen LogP contribution < -0.4 is 5.32 Å². The third-order valence-corrected chi connectivity index (χ3v) is 3.43. The fourth-order valence-electron chi connectivity index (χ4n) is 2.63. The lowest BCUT2D eigenvalue weighted by atomic mass is 9.96. The molecular weight excluding hydrogens is 224 g/mol. The van der Waals surface area contributed by atoms with Gasteiger partial charge in [-0.1, -0.05) is 12.7 Å². The summed E-state index contributed by atoms with van der Waals surface area (Å²) in [6, 6.07) is -0.0860. The number of fused-ring (bicyclic) bond motifs is 2. The second-order valence-electron chi connectivity index (χ2n) is 4.40. The summed E-state index contributed by atoms with van der Waals surface area (Å²) in [6.07, 6.45) is 2.08. The van der Waals surface area contributed by atoms with Crippen molar-refractivity contribution in [3.63, 3.8) is 0 Å². The summed E-state index contributed by atoms with van der Waals surface area (Å²) in [6.45, 7) is 4.46. The Hall–Kier alpha value is -1.56. The van der Waals surface area contributed by atoms with E-state index in [-0.39, 0.29) is 19.2 Å². The number of nitrogens with zero attached hydrogens (tertiary/aromatic N) is 1. The average Bonchev–Trinajstić information content (AvgIpc) is 2.54. The van der Waals surface area contributed by atoms with Gasteiger partial charge in [-0.3, -0.25) is 4.90 Å². The van der Waals surface area contributed by atoms with Crippen LogP contribution in [0, 0.1) is 0 Å². The summed E-state index contributed by atoms with van der Waals surface area (Å²) in [5.74, 6) is -0.970. The topological polar surface area (TPSA) is 78.9 Å². The molecule has 2 N–H and O–H groups in total. The third-order valence-electron chi connectivity index (χ3n) is 3.43. The highest BCUT2D eigenvalue weighted by atomic mass is 16.6. The van der Waals surface area contributed by atoms with Gasteiger partial charge in [-0.2, -0.15) is 0 Å². The average molecular weight is 240 g/mol. The van der Waals surface area contributed by atoms with Crippen molar-refractivity contribution in [1.82, 2.24) is 10.2 Å². The lowest BCUT2D eigenvalue weighted by molar-refractivity contribution is -0.150. The molecule has 2 saturated heterocycles. The molecule has 17 heavy (non-hydrogen) atoms. The number of hydrogen-bond acceptors (Lipinski definition) is 4. The zero-order valence-corrected chi connectivity index (χ0v) is 9.52. The summed E-state index contributed by atoms with van der Waals surface area (Å²) >= 11 is 0. The Balaban J connectivity index is 2.21. The Kier molecular flexibility index (Phi) is 3.06. The van der Waals surface area contributed by atoms with Gasteiger partial charge in [0.1, 0.15) is 6.61 Å². The number of rotatable bonds is 3. The Labute approximate surface area is 99.2 Å². The van der Waals surface area contributed by atoms with Gasteiger partial charge in [-0.15, -0.1) is 0 Å². The minimum Gasteiger partial charge on any atom is -0.479 e. The number of amides is 1. The molecular formula is C11H16N2O4. The van der Waals surface area contributed by atoms with Crippen LogP contribution in [0.2, 0.25) is 0 Å². The number of aliphatic carboxylic acids is 1. The number of hydrogen-bond donors (Lipinski definition) is 2. The maximum absolute atomic E-state index is 11.9. The molecule has 0 spiro atoms. The number of carboxylic acids is 1. The van der Waals surface area contributed by atoms with Gasteiger partial charge in [0.25, 0.3) is 0 Å². The molecule has 2 rings (SSSR count). The van der Waals surface area contributed by atoms with Crippen molar-refractivity contribution in [3.8, 4) is 0 Å². The standard InChI is InChI=1S/C11H16N2O4/c1-2-5-17-10(16)13-8-3-4-11(13,9(14)15)7-12-6-8/h2,8,12H,1,3-7H2,(H,14,15). The van der Waals surface area contributed by atoms with E-state index in [1.165, 1.54) is 11.0 Å². The van der Waals surface area contributed by atoms with E-state index in [0.717, 1.165) is 0 Å². The van der Waals surface area contributed by atoms with Crippen LogP contribution in [-0.4, -0.2) is 53.3 Å². The fraction of sp³-hybridized carbons (Fsp3) is 0.636. The summed E-state index contributed by atoms with van der Waals surface area (Å²) < 4.78 is 4.96. The molecule has 2 unspecified atom stereocenters. The molecule has 0 aliphatic carbocycles. The molecule has 94 valence electrons. The van der Waals surface area contributed by atoms with Crippen LogP contribution in [0.25, 0.3) is 0 Å². The number of carboxylic acid groups (broad SMARTS) is 1. The smallest absolute Gasteiger partial charge is 0.411 e. The summed E-state index contributed by atoms with van der Waals surface area (Å²) in [4.78, 5) is 24.7. The lowest BCUT2D eigenvalue weighted by Gasteiger charge is -2.41. The van der Waals surface area contributed by atoms with Crippen LogP contribution in [0.3, 0.4) is 0 Å². The van der Waals surface area contributed by atoms with E-state index in [4.69, 9.17) is 4.74 Å². The molecule has 0 aromatic carbocycles. The molecule has 6 heteroatoms. The molecule has 0 radical (unpaired) electrons. The maximum atomic E-state index is 11.9. The van der Waals surface area contributed by atoms with Gasteiger partial charge in [0.2, 0.25) is 0 Å². The highest BCUT2D eigenvalue weighted by molar-refractivity contribution is 5.86. The van der Waals surface area contributed by atoms with Crippen molar-refractivity contribution in [1.29, 1.82) is 0 Å². The number of nitrogens with one attached hydrogen (secondary N) is 1. The highest BCUT2D eigenvalue weighted by Crippen LogP contribution is 2.37. The molecule has 2 fully saturated rings. The SMILES string of the molecule is C=CCOC(=O)N1C2CCC1(C(=O)O)CNC2. The number of piperazine rings is 1. The zero-order chi connectivity index (χ0) is 12.5. The predicted molar refractivity (Wildman–Crippen MR) is 59.6 cm³/mol. The lowest BCUT2D eigenvalue weighted by Crippen LogP contribution is -2.65. The van der Waals surface area contributed by atoms with Crippen molar-refractivity contribution in [2.75, 3.05) is 19.7 Å². The van der Waals surface area contributed by atoms with Crippen LogP contribution in [0.5, 0.6) is 0 Å². The Bertz CT molecular complexity index is 353. The normalized spacial score (nSPS) is 31.1. The fourth-order valence-corrected chi connectivity index (χ4v) is 2.63. The largest absolute Gasteiger partial charge is 0.479 e. The van der Waals surface area contributed by atoms with E-state index >= 15 is 0 Å². The minimum atomic E-state index is -1.14. The first-order valence-electron chi connectivity index (χ1n) is 5.63. The molecule has 0 aromatic rings. The third kappa shape index (κ3) is 1.78. The molecule has 0 aromatic heterocycles. The van der Waals surface area contributed by atoms with Crippen LogP contribution >= 0.6 is 0 Å². The number of carbonyl (C=O) groups is 2. The van der Waals surface area contributed by atoms with Crippen molar-refractivity contribution < 1.29 is 19.4 Å². The monoisotopic (exact) mass is 240 g/mol. The number of ether oxygens (including phenoxy) is 1. The van der Waals surface area contributed by atoms with Crippen molar-refractivity contribution in [3.05, 3.63) is 12.7 Å². The molecule has 2 aliphatic heterocycles. The first-order chi connectivity index (χ1) is 8.12. The van der Waals surface area contributed by atoms with Gasteiger partial charge in [-0.25, -0.2) is 9.59 Å². The van der Waals surface area contributed by atoms with Gasteiger partial charge in [0.05, 0.1) is 0 Å². The number of carbonyl (C=O) groups excluding carboxylic acids is 1. The molecule has 1 amide bonds. The summed E-state index contributed by atoms with van der Waals surface area (Å²) in [5.41, 5.74) is -1.14. The van der Waals surface area contributed by atoms with Gasteiger partial charge < -0.3 is 15.2 Å². The maximum Gasteiger partial charge on any atom is 0.411 e. The molecule has 6 nitrogen and oxygen atoms in total.